The fraction of sp³-hybridized carbons (Fsp3) is 0.522. The zero-order valence-electron chi connectivity index (χ0n) is 20.2. The molecule has 0 spiro atoms. The van der Waals surface area contributed by atoms with Crippen LogP contribution < -0.4 is 14.9 Å². The van der Waals surface area contributed by atoms with E-state index in [1.54, 1.807) is 39.0 Å². The summed E-state index contributed by atoms with van der Waals surface area (Å²) in [5.41, 5.74) is 6.01. The number of hydrogen-bond acceptors (Lipinski definition) is 8. The van der Waals surface area contributed by atoms with Crippen molar-refractivity contribution in [2.45, 2.75) is 59.5 Å². The Morgan fingerprint density at radius 1 is 1.09 bits per heavy atom. The van der Waals surface area contributed by atoms with Gasteiger partial charge in [-0.1, -0.05) is 13.0 Å². The number of carbonyl (C=O) groups excluding carboxylic acids is 2. The number of benzene rings is 1. The Balaban J connectivity index is 1.86. The summed E-state index contributed by atoms with van der Waals surface area (Å²) in [5.74, 6) is -0.532. The van der Waals surface area contributed by atoms with Gasteiger partial charge in [-0.3, -0.25) is 14.2 Å². The van der Waals surface area contributed by atoms with E-state index in [2.05, 4.69) is 22.1 Å². The summed E-state index contributed by atoms with van der Waals surface area (Å²) >= 11 is 1.60. The normalized spacial score (nSPS) is 14.1. The number of carbonyl (C=O) groups is 2. The Hall–Kier alpha value is -2.26. The smallest absolute Gasteiger partial charge is 0.323 e. The highest BCUT2D eigenvalue weighted by Crippen LogP contribution is 2.47. The van der Waals surface area contributed by atoms with Gasteiger partial charge in [0.1, 0.15) is 17.8 Å². The van der Waals surface area contributed by atoms with Crippen LogP contribution in [0.2, 0.25) is 0 Å². The van der Waals surface area contributed by atoms with Crippen LogP contribution in [0.15, 0.2) is 17.6 Å². The molecule has 1 aliphatic carbocycles. The van der Waals surface area contributed by atoms with Crippen molar-refractivity contribution >= 4 is 30.7 Å². The highest BCUT2D eigenvalue weighted by atomic mass is 32.1. The number of fused-ring (bicyclic) bond motifs is 3. The summed E-state index contributed by atoms with van der Waals surface area (Å²) < 4.78 is 30.0. The van der Waals surface area contributed by atoms with Gasteiger partial charge in [0.05, 0.1) is 24.4 Å². The third-order valence-electron chi connectivity index (χ3n) is 5.45. The molecule has 0 amide bonds. The molecule has 1 aromatic heterocycles. The van der Waals surface area contributed by atoms with Gasteiger partial charge in [0.25, 0.3) is 0 Å². The predicted molar refractivity (Wildman–Crippen MR) is 131 cm³/mol. The van der Waals surface area contributed by atoms with E-state index >= 15 is 0 Å². The minimum Gasteiger partial charge on any atom is -0.482 e. The molecule has 0 unspecified atom stereocenters. The molecule has 0 saturated carbocycles. The van der Waals surface area contributed by atoms with E-state index in [9.17, 15) is 14.2 Å². The zero-order chi connectivity index (χ0) is 24.9. The van der Waals surface area contributed by atoms with Crippen molar-refractivity contribution < 1.29 is 28.4 Å². The first-order valence-corrected chi connectivity index (χ1v) is 14.2. The van der Waals surface area contributed by atoms with Crippen LogP contribution in [-0.4, -0.2) is 48.6 Å². The summed E-state index contributed by atoms with van der Waals surface area (Å²) in [4.78, 5) is 30.0. The van der Waals surface area contributed by atoms with E-state index in [4.69, 9.17) is 14.2 Å². The number of nitrogens with zero attached hydrogens (tertiary/aromatic N) is 1. The number of esters is 2. The molecule has 0 aliphatic heterocycles. The van der Waals surface area contributed by atoms with Crippen molar-refractivity contribution in [1.82, 2.24) is 15.2 Å². The Labute approximate surface area is 204 Å². The van der Waals surface area contributed by atoms with Crippen LogP contribution in [0, 0.1) is 0 Å². The third-order valence-corrected chi connectivity index (χ3v) is 8.39. The van der Waals surface area contributed by atoms with Crippen LogP contribution in [0.3, 0.4) is 0 Å². The number of rotatable bonds is 12. The predicted octanol–water partition coefficient (Wildman–Crippen LogP) is 3.89. The minimum atomic E-state index is -3.61. The maximum Gasteiger partial charge on any atom is 0.323 e. The highest BCUT2D eigenvalue weighted by molar-refractivity contribution is 7.59. The van der Waals surface area contributed by atoms with Gasteiger partial charge in [-0.05, 0) is 51.3 Å². The number of nitrogens with one attached hydrogen (secondary N) is 2. The molecule has 9 nitrogen and oxygen atoms in total. The second-order valence-corrected chi connectivity index (χ2v) is 11.1. The summed E-state index contributed by atoms with van der Waals surface area (Å²) in [6, 6.07) is 2.11. The van der Waals surface area contributed by atoms with Gasteiger partial charge in [-0.15, -0.1) is 11.3 Å². The second kappa shape index (κ2) is 11.4. The molecule has 1 aliphatic rings. The summed E-state index contributed by atoms with van der Waals surface area (Å²) in [6.45, 7) is 9.00. The molecule has 1 aromatic carbocycles. The fourth-order valence-corrected chi connectivity index (χ4v) is 6.67. The van der Waals surface area contributed by atoms with Crippen molar-refractivity contribution in [3.8, 4) is 17.0 Å². The standard InChI is InChI=1S/C23H32N3O6PS/c1-6-16-9-10-18(20-17(16)11-19-21(20)24-12-34-19)32-13-33(29,25-14(4)22(27)30-7-2)26-15(5)23(28)31-8-3/h9-10,12,14-15H,6-8,11,13H2,1-5H3,(H2,25,26,29)/t14-,15-/m0/s1. The van der Waals surface area contributed by atoms with Crippen molar-refractivity contribution in [3.05, 3.63) is 33.6 Å². The van der Waals surface area contributed by atoms with E-state index in [1.165, 1.54) is 16.0 Å². The first-order chi connectivity index (χ1) is 16.2. The Morgan fingerprint density at radius 2 is 1.71 bits per heavy atom. The Kier molecular flexibility index (Phi) is 8.87. The first kappa shape index (κ1) is 26.3. The average molecular weight is 510 g/mol. The SMILES string of the molecule is CCOC(=O)[C@H](C)NP(=O)(COc1ccc(CC)c2c1-c1ncsc1C2)N[C@@H](C)C(=O)OCC. The van der Waals surface area contributed by atoms with E-state index in [0.717, 1.165) is 24.1 Å². The molecule has 2 aromatic rings. The monoisotopic (exact) mass is 509 g/mol. The quantitative estimate of drug-likeness (QED) is 0.277. The van der Waals surface area contributed by atoms with E-state index in [0.29, 0.717) is 5.75 Å². The first-order valence-electron chi connectivity index (χ1n) is 11.4. The van der Waals surface area contributed by atoms with Crippen LogP contribution in [-0.2, 0) is 36.5 Å². The molecule has 11 heteroatoms. The van der Waals surface area contributed by atoms with Crippen LogP contribution in [0.4, 0.5) is 0 Å². The van der Waals surface area contributed by atoms with Crippen LogP contribution in [0.1, 0.15) is 50.6 Å². The number of hydrogen-bond donors (Lipinski definition) is 2. The molecule has 3 rings (SSSR count). The van der Waals surface area contributed by atoms with Crippen molar-refractivity contribution in [2.75, 3.05) is 19.6 Å². The third kappa shape index (κ3) is 5.86. The van der Waals surface area contributed by atoms with Gasteiger partial charge in [-0.25, -0.2) is 15.2 Å². The van der Waals surface area contributed by atoms with Crippen LogP contribution in [0.25, 0.3) is 11.3 Å². The van der Waals surface area contributed by atoms with Crippen LogP contribution in [0.5, 0.6) is 5.75 Å². The zero-order valence-corrected chi connectivity index (χ0v) is 21.9. The van der Waals surface area contributed by atoms with Gasteiger partial charge in [-0.2, -0.15) is 0 Å². The Bertz CT molecular complexity index is 1060. The molecule has 2 atom stereocenters. The summed E-state index contributed by atoms with van der Waals surface area (Å²) in [5, 5.41) is 5.61. The lowest BCUT2D eigenvalue weighted by Crippen LogP contribution is -2.43. The van der Waals surface area contributed by atoms with Crippen molar-refractivity contribution in [2.24, 2.45) is 0 Å². The molecule has 1 heterocycles. The molecule has 0 saturated heterocycles. The molecular formula is C23H32N3O6PS. The minimum absolute atomic E-state index is 0.199. The topological polar surface area (TPSA) is 116 Å². The fourth-order valence-electron chi connectivity index (χ4n) is 3.88. The number of aryl methyl sites for hydroxylation is 1. The average Bonchev–Trinajstić information content (AvgIpc) is 3.39. The maximum atomic E-state index is 13.9. The summed E-state index contributed by atoms with van der Waals surface area (Å²) in [6.07, 6.45) is 1.38. The molecular weight excluding hydrogens is 477 g/mol. The molecule has 34 heavy (non-hydrogen) atoms. The van der Waals surface area contributed by atoms with Crippen molar-refractivity contribution in [1.29, 1.82) is 0 Å². The lowest BCUT2D eigenvalue weighted by molar-refractivity contribution is -0.145. The van der Waals surface area contributed by atoms with Crippen LogP contribution >= 0.6 is 18.8 Å². The largest absolute Gasteiger partial charge is 0.482 e. The van der Waals surface area contributed by atoms with E-state index in [-0.39, 0.29) is 19.6 Å². The summed E-state index contributed by atoms with van der Waals surface area (Å²) in [7, 11) is -3.61. The Morgan fingerprint density at radius 3 is 2.26 bits per heavy atom. The number of thiazole rings is 1. The van der Waals surface area contributed by atoms with Gasteiger partial charge >= 0.3 is 11.9 Å². The highest BCUT2D eigenvalue weighted by Gasteiger charge is 2.34. The van der Waals surface area contributed by atoms with E-state index in [1.807, 2.05) is 17.6 Å². The lowest BCUT2D eigenvalue weighted by atomic mass is 10.00. The van der Waals surface area contributed by atoms with Gasteiger partial charge in [0, 0.05) is 16.9 Å². The second-order valence-electron chi connectivity index (χ2n) is 7.95. The molecule has 2 N–H and O–H groups in total. The van der Waals surface area contributed by atoms with Gasteiger partial charge in [0.15, 0.2) is 6.35 Å². The molecule has 0 bridgehead atoms. The lowest BCUT2D eigenvalue weighted by Gasteiger charge is -2.26. The molecule has 0 fully saturated rings. The maximum absolute atomic E-state index is 13.9. The molecule has 0 radical (unpaired) electrons. The van der Waals surface area contributed by atoms with Gasteiger partial charge < -0.3 is 14.2 Å². The number of aromatic nitrogens is 1. The number of ether oxygens (including phenoxy) is 3. The van der Waals surface area contributed by atoms with Gasteiger partial charge in [0.2, 0.25) is 7.44 Å². The van der Waals surface area contributed by atoms with E-state index < -0.39 is 31.5 Å². The molecule has 186 valence electrons. The van der Waals surface area contributed by atoms with Crippen molar-refractivity contribution in [3.63, 3.8) is 0 Å².